The number of nitrogen functional groups attached to an aromatic ring is 1. The molecule has 0 aliphatic heterocycles. The number of anilines is 1. The zero-order valence-corrected chi connectivity index (χ0v) is 12.8. The number of thiophene rings is 1. The van der Waals surface area contributed by atoms with Crippen molar-refractivity contribution in [3.05, 3.63) is 56.8 Å². The summed E-state index contributed by atoms with van der Waals surface area (Å²) in [5.74, 6) is 0. The van der Waals surface area contributed by atoms with Gasteiger partial charge < -0.3 is 5.73 Å². The van der Waals surface area contributed by atoms with E-state index in [1.807, 2.05) is 24.5 Å². The van der Waals surface area contributed by atoms with Crippen LogP contribution in [0, 0.1) is 0 Å². The summed E-state index contributed by atoms with van der Waals surface area (Å²) < 4.78 is 1.36. The van der Waals surface area contributed by atoms with Gasteiger partial charge in [-0.3, -0.25) is 4.79 Å². The summed E-state index contributed by atoms with van der Waals surface area (Å²) in [6.45, 7) is 1.90. The Morgan fingerprint density at radius 3 is 2.71 bits per heavy atom. The van der Waals surface area contributed by atoms with Crippen molar-refractivity contribution in [3.8, 4) is 5.69 Å². The van der Waals surface area contributed by atoms with Crippen LogP contribution in [0.5, 0.6) is 0 Å². The molecule has 0 radical (unpaired) electrons. The second-order valence-electron chi connectivity index (χ2n) is 4.47. The third kappa shape index (κ3) is 2.34. The molecule has 3 rings (SSSR count). The molecule has 2 N–H and O–H groups in total. The molecule has 4 nitrogen and oxygen atoms in total. The lowest BCUT2D eigenvalue weighted by Gasteiger charge is -2.07. The second-order valence-corrected chi connectivity index (χ2v) is 5.81. The summed E-state index contributed by atoms with van der Waals surface area (Å²) in [5.41, 5.74) is 7.10. The fraction of sp³-hybridized carbons (Fsp3) is 0.0667. The highest BCUT2D eigenvalue weighted by Gasteiger charge is 2.14. The van der Waals surface area contributed by atoms with Crippen LogP contribution in [0.4, 0.5) is 5.00 Å². The molecular weight excluding hydrogens is 306 g/mol. The number of aromatic nitrogens is 2. The highest BCUT2D eigenvalue weighted by molar-refractivity contribution is 7.15. The smallest absolute Gasteiger partial charge is 0.282 e. The molecule has 2 heterocycles. The van der Waals surface area contributed by atoms with Crippen molar-refractivity contribution in [2.75, 3.05) is 5.73 Å². The van der Waals surface area contributed by atoms with Gasteiger partial charge in [-0.1, -0.05) is 17.7 Å². The Morgan fingerprint density at radius 1 is 1.33 bits per heavy atom. The Balaban J connectivity index is 2.37. The van der Waals surface area contributed by atoms with Gasteiger partial charge in [0.15, 0.2) is 0 Å². The molecule has 6 heteroatoms. The van der Waals surface area contributed by atoms with Crippen molar-refractivity contribution in [1.29, 1.82) is 0 Å². The van der Waals surface area contributed by atoms with Gasteiger partial charge >= 0.3 is 0 Å². The van der Waals surface area contributed by atoms with Crippen LogP contribution < -0.4 is 11.3 Å². The first kappa shape index (κ1) is 13.9. The van der Waals surface area contributed by atoms with Gasteiger partial charge in [0.2, 0.25) is 0 Å². The molecule has 0 bridgehead atoms. The summed E-state index contributed by atoms with van der Waals surface area (Å²) in [6.07, 6.45) is 3.74. The Hall–Kier alpha value is -2.11. The molecule has 21 heavy (non-hydrogen) atoms. The quantitative estimate of drug-likeness (QED) is 0.783. The van der Waals surface area contributed by atoms with Crippen LogP contribution >= 0.6 is 22.9 Å². The van der Waals surface area contributed by atoms with Crippen molar-refractivity contribution in [2.45, 2.75) is 6.92 Å². The summed E-state index contributed by atoms with van der Waals surface area (Å²) in [4.78, 5) is 12.6. The van der Waals surface area contributed by atoms with E-state index in [1.54, 1.807) is 24.3 Å². The van der Waals surface area contributed by atoms with Crippen LogP contribution in [0.3, 0.4) is 0 Å². The minimum absolute atomic E-state index is 0.223. The van der Waals surface area contributed by atoms with Gasteiger partial charge in [-0.25, -0.2) is 0 Å². The maximum Gasteiger partial charge on any atom is 0.282 e. The minimum atomic E-state index is -0.223. The highest BCUT2D eigenvalue weighted by Crippen LogP contribution is 2.28. The summed E-state index contributed by atoms with van der Waals surface area (Å²) in [6, 6.07) is 6.96. The topological polar surface area (TPSA) is 60.9 Å². The number of hydrogen-bond acceptors (Lipinski definition) is 4. The maximum atomic E-state index is 12.6. The van der Waals surface area contributed by atoms with Gasteiger partial charge in [-0.05, 0) is 37.3 Å². The molecule has 0 aliphatic rings. The molecule has 0 saturated carbocycles. The molecule has 0 fully saturated rings. The van der Waals surface area contributed by atoms with Crippen molar-refractivity contribution < 1.29 is 0 Å². The lowest BCUT2D eigenvalue weighted by atomic mass is 10.2. The van der Waals surface area contributed by atoms with Crippen LogP contribution in [0.15, 0.2) is 40.5 Å². The van der Waals surface area contributed by atoms with E-state index in [4.69, 9.17) is 17.3 Å². The van der Waals surface area contributed by atoms with Gasteiger partial charge in [-0.15, -0.1) is 11.3 Å². The molecule has 0 aliphatic carbocycles. The fourth-order valence-electron chi connectivity index (χ4n) is 2.13. The first-order chi connectivity index (χ1) is 10.1. The van der Waals surface area contributed by atoms with Crippen LogP contribution in [0.25, 0.3) is 22.5 Å². The van der Waals surface area contributed by atoms with Gasteiger partial charge in [-0.2, -0.15) is 9.78 Å². The summed E-state index contributed by atoms with van der Waals surface area (Å²) >= 11 is 7.23. The third-order valence-corrected chi connectivity index (χ3v) is 4.17. The lowest BCUT2D eigenvalue weighted by Crippen LogP contribution is -2.22. The SMILES string of the molecule is CC=Cc1nn(-c2ccc(Cl)cc2)c(=O)c2c(N)scc12. The molecule has 0 spiro atoms. The zero-order chi connectivity index (χ0) is 15.0. The van der Waals surface area contributed by atoms with E-state index in [0.717, 1.165) is 11.1 Å². The van der Waals surface area contributed by atoms with Gasteiger partial charge in [0.05, 0.1) is 21.8 Å². The number of allylic oxidation sites excluding steroid dienone is 1. The van der Waals surface area contributed by atoms with Gasteiger partial charge in [0.1, 0.15) is 0 Å². The number of hydrogen-bond donors (Lipinski definition) is 1. The molecule has 106 valence electrons. The standard InChI is InChI=1S/C15H12ClN3OS/c1-2-3-12-11-8-21-14(17)13(11)15(20)19(18-12)10-6-4-9(16)5-7-10/h2-8H,17H2,1H3. The number of nitrogens with two attached hydrogens (primary N) is 1. The summed E-state index contributed by atoms with van der Waals surface area (Å²) in [5, 5.41) is 8.70. The molecule has 2 aromatic heterocycles. The van der Waals surface area contributed by atoms with Crippen LogP contribution in [0.1, 0.15) is 12.6 Å². The molecule has 0 atom stereocenters. The number of nitrogens with zero attached hydrogens (tertiary/aromatic N) is 2. The van der Waals surface area contributed by atoms with E-state index in [2.05, 4.69) is 5.10 Å². The average Bonchev–Trinajstić information content (AvgIpc) is 2.86. The maximum absolute atomic E-state index is 12.6. The van der Waals surface area contributed by atoms with Crippen molar-refractivity contribution in [2.24, 2.45) is 0 Å². The predicted molar refractivity (Wildman–Crippen MR) is 89.3 cm³/mol. The van der Waals surface area contributed by atoms with Crippen molar-refractivity contribution in [1.82, 2.24) is 9.78 Å². The monoisotopic (exact) mass is 317 g/mol. The largest absolute Gasteiger partial charge is 0.390 e. The Labute approximate surface area is 130 Å². The van der Waals surface area contributed by atoms with Crippen LogP contribution in [0.2, 0.25) is 5.02 Å². The van der Waals surface area contributed by atoms with Crippen LogP contribution in [-0.4, -0.2) is 9.78 Å². The molecule has 0 saturated heterocycles. The number of fused-ring (bicyclic) bond motifs is 1. The molecular formula is C15H12ClN3OS. The Bertz CT molecular complexity index is 894. The number of halogens is 1. The number of benzene rings is 1. The molecule has 0 unspecified atom stereocenters. The predicted octanol–water partition coefficient (Wildman–Crippen LogP) is 3.72. The Morgan fingerprint density at radius 2 is 2.05 bits per heavy atom. The summed E-state index contributed by atoms with van der Waals surface area (Å²) in [7, 11) is 0. The first-order valence-corrected chi connectivity index (χ1v) is 7.56. The molecule has 0 amide bonds. The second kappa shape index (κ2) is 5.35. The zero-order valence-electron chi connectivity index (χ0n) is 11.2. The van der Waals surface area contributed by atoms with Crippen molar-refractivity contribution in [3.63, 3.8) is 0 Å². The average molecular weight is 318 g/mol. The highest BCUT2D eigenvalue weighted by atomic mass is 35.5. The molecule has 1 aromatic carbocycles. The van der Waals surface area contributed by atoms with Gasteiger partial charge in [0.25, 0.3) is 5.56 Å². The van der Waals surface area contributed by atoms with E-state index >= 15 is 0 Å². The van der Waals surface area contributed by atoms with E-state index in [9.17, 15) is 4.79 Å². The normalized spacial score (nSPS) is 11.5. The number of rotatable bonds is 2. The first-order valence-electron chi connectivity index (χ1n) is 6.30. The van der Waals surface area contributed by atoms with E-state index in [1.165, 1.54) is 16.0 Å². The van der Waals surface area contributed by atoms with E-state index in [0.29, 0.717) is 21.1 Å². The lowest BCUT2D eigenvalue weighted by molar-refractivity contribution is 0.816. The Kier molecular flexibility index (Phi) is 3.53. The van der Waals surface area contributed by atoms with E-state index < -0.39 is 0 Å². The fourth-order valence-corrected chi connectivity index (χ4v) is 3.06. The van der Waals surface area contributed by atoms with Crippen molar-refractivity contribution >= 4 is 44.8 Å². The third-order valence-electron chi connectivity index (χ3n) is 3.11. The van der Waals surface area contributed by atoms with Crippen LogP contribution in [-0.2, 0) is 0 Å². The molecule has 3 aromatic rings. The van der Waals surface area contributed by atoms with E-state index in [-0.39, 0.29) is 5.56 Å². The minimum Gasteiger partial charge on any atom is -0.390 e. The van der Waals surface area contributed by atoms with Gasteiger partial charge in [0, 0.05) is 15.8 Å².